The van der Waals surface area contributed by atoms with E-state index in [4.69, 9.17) is 5.73 Å². The first-order valence-electron chi connectivity index (χ1n) is 8.33. The summed E-state index contributed by atoms with van der Waals surface area (Å²) in [5, 5.41) is 3.09. The van der Waals surface area contributed by atoms with Crippen LogP contribution in [0.15, 0.2) is 41.0 Å². The number of hydrogen-bond acceptors (Lipinski definition) is 5. The number of nitrogens with zero attached hydrogens (tertiary/aromatic N) is 6. The lowest BCUT2D eigenvalue weighted by molar-refractivity contribution is 0.380. The Balaban J connectivity index is 0.00000196. The molecule has 26 heavy (non-hydrogen) atoms. The van der Waals surface area contributed by atoms with Gasteiger partial charge >= 0.3 is 0 Å². The largest absolute Gasteiger partial charge is 0.370 e. The summed E-state index contributed by atoms with van der Waals surface area (Å²) in [6, 6.07) is 6.08. The van der Waals surface area contributed by atoms with E-state index in [0.29, 0.717) is 12.5 Å². The number of aryl methyl sites for hydroxylation is 1. The fourth-order valence-electron chi connectivity index (χ4n) is 3.04. The van der Waals surface area contributed by atoms with E-state index in [1.807, 2.05) is 29.9 Å². The summed E-state index contributed by atoms with van der Waals surface area (Å²) in [6.45, 7) is 6.12. The second-order valence-electron chi connectivity index (χ2n) is 6.09. The van der Waals surface area contributed by atoms with Crippen molar-refractivity contribution in [3.8, 4) is 0 Å². The maximum Gasteiger partial charge on any atom is 0.191 e. The van der Waals surface area contributed by atoms with E-state index in [9.17, 15) is 0 Å². The molecule has 1 aliphatic heterocycles. The minimum absolute atomic E-state index is 0. The van der Waals surface area contributed by atoms with Crippen molar-refractivity contribution in [2.45, 2.75) is 13.5 Å². The molecule has 1 saturated heterocycles. The molecule has 7 nitrogen and oxygen atoms in total. The molecule has 1 aliphatic rings. The van der Waals surface area contributed by atoms with Crippen LogP contribution in [0.3, 0.4) is 0 Å². The number of halogens is 1. The molecule has 1 fully saturated rings. The van der Waals surface area contributed by atoms with E-state index in [1.54, 1.807) is 11.3 Å². The number of pyridine rings is 1. The van der Waals surface area contributed by atoms with Crippen LogP contribution >= 0.6 is 35.3 Å². The zero-order chi connectivity index (χ0) is 17.2. The molecule has 0 saturated carbocycles. The number of imidazole rings is 1. The van der Waals surface area contributed by atoms with Gasteiger partial charge in [0, 0.05) is 49.6 Å². The highest BCUT2D eigenvalue weighted by atomic mass is 127. The zero-order valence-corrected chi connectivity index (χ0v) is 17.7. The van der Waals surface area contributed by atoms with Gasteiger partial charge < -0.3 is 19.9 Å². The Morgan fingerprint density at radius 3 is 2.77 bits per heavy atom. The van der Waals surface area contributed by atoms with E-state index < -0.39 is 0 Å². The maximum absolute atomic E-state index is 6.19. The molecule has 0 spiro atoms. The standard InChI is InChI=1S/C17H21N7S.HI/c1-13-3-2-4-15-21-14(12-24(13)15)11-20-16(18)22-6-8-23(9-7-22)17-19-5-10-25-17;/h2-5,10,12H,6-9,11H2,1H3,(H2,18,20);1H. The molecule has 0 amide bonds. The Hall–Kier alpha value is -1.88. The molecular weight excluding hydrogens is 461 g/mol. The number of rotatable bonds is 3. The highest BCUT2D eigenvalue weighted by Crippen LogP contribution is 2.18. The predicted octanol–water partition coefficient (Wildman–Crippen LogP) is 2.35. The summed E-state index contributed by atoms with van der Waals surface area (Å²) >= 11 is 1.67. The third-order valence-corrected chi connectivity index (χ3v) is 5.27. The molecule has 4 rings (SSSR count). The van der Waals surface area contributed by atoms with Gasteiger partial charge in [-0.3, -0.25) is 0 Å². The Kier molecular flexibility index (Phi) is 5.97. The number of guanidine groups is 1. The van der Waals surface area contributed by atoms with E-state index in [1.165, 1.54) is 0 Å². The number of fused-ring (bicyclic) bond motifs is 1. The molecule has 2 N–H and O–H groups in total. The molecule has 0 radical (unpaired) electrons. The zero-order valence-electron chi connectivity index (χ0n) is 14.6. The molecule has 0 unspecified atom stereocenters. The third kappa shape index (κ3) is 3.93. The van der Waals surface area contributed by atoms with E-state index in [-0.39, 0.29) is 24.0 Å². The molecular formula is C17H22IN7S. The fraction of sp³-hybridized carbons (Fsp3) is 0.353. The number of nitrogens with two attached hydrogens (primary N) is 1. The lowest BCUT2D eigenvalue weighted by atomic mass is 10.3. The van der Waals surface area contributed by atoms with Crippen LogP contribution in [-0.4, -0.2) is 51.4 Å². The molecule has 9 heteroatoms. The number of aromatic nitrogens is 3. The van der Waals surface area contributed by atoms with Crippen molar-refractivity contribution in [2.75, 3.05) is 31.1 Å². The van der Waals surface area contributed by atoms with Crippen molar-refractivity contribution in [2.24, 2.45) is 10.7 Å². The van der Waals surface area contributed by atoms with Crippen LogP contribution in [0.1, 0.15) is 11.4 Å². The second-order valence-corrected chi connectivity index (χ2v) is 6.96. The summed E-state index contributed by atoms with van der Waals surface area (Å²) in [5.41, 5.74) is 9.23. The lowest BCUT2D eigenvalue weighted by Crippen LogP contribution is -2.51. The first-order valence-corrected chi connectivity index (χ1v) is 9.21. The van der Waals surface area contributed by atoms with Gasteiger partial charge in [0.25, 0.3) is 0 Å². The predicted molar refractivity (Wildman–Crippen MR) is 117 cm³/mol. The second kappa shape index (κ2) is 8.21. The number of hydrogen-bond donors (Lipinski definition) is 1. The topological polar surface area (TPSA) is 75.0 Å². The van der Waals surface area contributed by atoms with Crippen molar-refractivity contribution >= 4 is 52.1 Å². The summed E-state index contributed by atoms with van der Waals surface area (Å²) < 4.78 is 2.08. The van der Waals surface area contributed by atoms with Crippen molar-refractivity contribution in [3.05, 3.63) is 47.4 Å². The van der Waals surface area contributed by atoms with Crippen LogP contribution in [0.4, 0.5) is 5.13 Å². The van der Waals surface area contributed by atoms with Crippen LogP contribution in [-0.2, 0) is 6.54 Å². The highest BCUT2D eigenvalue weighted by molar-refractivity contribution is 14.0. The molecule has 3 aromatic rings. The van der Waals surface area contributed by atoms with Gasteiger partial charge in [-0.25, -0.2) is 15.0 Å². The van der Waals surface area contributed by atoms with Crippen LogP contribution in [0.25, 0.3) is 5.65 Å². The van der Waals surface area contributed by atoms with E-state index >= 15 is 0 Å². The normalized spacial score (nSPS) is 15.3. The Bertz CT molecular complexity index is 882. The highest BCUT2D eigenvalue weighted by Gasteiger charge is 2.19. The van der Waals surface area contributed by atoms with Gasteiger partial charge in [-0.1, -0.05) is 6.07 Å². The van der Waals surface area contributed by atoms with Crippen molar-refractivity contribution < 1.29 is 0 Å². The molecule has 3 aromatic heterocycles. The van der Waals surface area contributed by atoms with Crippen LogP contribution < -0.4 is 10.6 Å². The van der Waals surface area contributed by atoms with Gasteiger partial charge in [-0.2, -0.15) is 0 Å². The number of aliphatic imine (C=N–C) groups is 1. The van der Waals surface area contributed by atoms with Crippen molar-refractivity contribution in [1.29, 1.82) is 0 Å². The molecule has 0 aliphatic carbocycles. The minimum Gasteiger partial charge on any atom is -0.370 e. The van der Waals surface area contributed by atoms with Gasteiger partial charge in [0.2, 0.25) is 0 Å². The number of thiazole rings is 1. The molecule has 0 atom stereocenters. The van der Waals surface area contributed by atoms with E-state index in [2.05, 4.69) is 42.2 Å². The van der Waals surface area contributed by atoms with Crippen LogP contribution in [0, 0.1) is 6.92 Å². The number of anilines is 1. The number of piperazine rings is 1. The van der Waals surface area contributed by atoms with Gasteiger partial charge in [0.15, 0.2) is 11.1 Å². The monoisotopic (exact) mass is 483 g/mol. The fourth-order valence-corrected chi connectivity index (χ4v) is 3.73. The van der Waals surface area contributed by atoms with Gasteiger partial charge in [0.05, 0.1) is 12.2 Å². The van der Waals surface area contributed by atoms with Gasteiger partial charge in [-0.15, -0.1) is 35.3 Å². The van der Waals surface area contributed by atoms with E-state index in [0.717, 1.165) is 48.3 Å². The van der Waals surface area contributed by atoms with Gasteiger partial charge in [-0.05, 0) is 19.1 Å². The minimum atomic E-state index is 0. The first-order chi connectivity index (χ1) is 12.2. The summed E-state index contributed by atoms with van der Waals surface area (Å²) in [5.74, 6) is 0.590. The Morgan fingerprint density at radius 1 is 1.27 bits per heavy atom. The molecule has 4 heterocycles. The third-order valence-electron chi connectivity index (χ3n) is 4.44. The average Bonchev–Trinajstić information content (AvgIpc) is 3.30. The molecule has 0 bridgehead atoms. The quantitative estimate of drug-likeness (QED) is 0.352. The van der Waals surface area contributed by atoms with Crippen LogP contribution in [0.5, 0.6) is 0 Å². The molecule has 138 valence electrons. The summed E-state index contributed by atoms with van der Waals surface area (Å²) in [4.78, 5) is 17.9. The molecule has 0 aromatic carbocycles. The lowest BCUT2D eigenvalue weighted by Gasteiger charge is -2.35. The van der Waals surface area contributed by atoms with Crippen molar-refractivity contribution in [3.63, 3.8) is 0 Å². The van der Waals surface area contributed by atoms with Crippen LogP contribution in [0.2, 0.25) is 0 Å². The Morgan fingerprint density at radius 2 is 2.08 bits per heavy atom. The Labute approximate surface area is 173 Å². The maximum atomic E-state index is 6.19. The summed E-state index contributed by atoms with van der Waals surface area (Å²) in [7, 11) is 0. The van der Waals surface area contributed by atoms with Crippen molar-refractivity contribution in [1.82, 2.24) is 19.3 Å². The SMILES string of the molecule is Cc1cccc2nc(CN=C(N)N3CCN(c4nccs4)CC3)cn12.I. The first kappa shape index (κ1) is 18.9. The summed E-state index contributed by atoms with van der Waals surface area (Å²) in [6.07, 6.45) is 3.88. The van der Waals surface area contributed by atoms with Gasteiger partial charge in [0.1, 0.15) is 5.65 Å². The smallest absolute Gasteiger partial charge is 0.191 e. The average molecular weight is 483 g/mol.